The van der Waals surface area contributed by atoms with Crippen molar-refractivity contribution in [1.29, 1.82) is 0 Å². The molecule has 3 rings (SSSR count). The summed E-state index contributed by atoms with van der Waals surface area (Å²) in [7, 11) is 0. The number of fused-ring (bicyclic) bond motifs is 1. The zero-order valence-electron chi connectivity index (χ0n) is 13.0. The van der Waals surface area contributed by atoms with Crippen LogP contribution in [0, 0.1) is 0 Å². The van der Waals surface area contributed by atoms with Gasteiger partial charge in [-0.1, -0.05) is 55.7 Å². The van der Waals surface area contributed by atoms with Crippen LogP contribution in [0.1, 0.15) is 42.5 Å². The molecule has 0 unspecified atom stereocenters. The summed E-state index contributed by atoms with van der Waals surface area (Å²) < 4.78 is 0. The fourth-order valence-electron chi connectivity index (χ4n) is 3.07. The van der Waals surface area contributed by atoms with Gasteiger partial charge in [-0.3, -0.25) is 10.2 Å². The van der Waals surface area contributed by atoms with E-state index in [0.717, 1.165) is 36.5 Å². The van der Waals surface area contributed by atoms with Crippen molar-refractivity contribution in [1.82, 2.24) is 16.2 Å². The predicted molar refractivity (Wildman–Crippen MR) is 90.0 cm³/mol. The summed E-state index contributed by atoms with van der Waals surface area (Å²) in [4.78, 5) is 24.2. The minimum absolute atomic E-state index is 0.207. The molecule has 0 aromatic heterocycles. The Kier molecular flexibility index (Phi) is 4.76. The van der Waals surface area contributed by atoms with Crippen LogP contribution in [0.3, 0.4) is 0 Å². The summed E-state index contributed by atoms with van der Waals surface area (Å²) in [5.41, 5.74) is 5.47. The Hall–Kier alpha value is -2.56. The second kappa shape index (κ2) is 7.13. The molecule has 120 valence electrons. The number of hydrogen-bond donors (Lipinski definition) is 3. The zero-order valence-corrected chi connectivity index (χ0v) is 13.0. The highest BCUT2D eigenvalue weighted by atomic mass is 16.2. The Morgan fingerprint density at radius 2 is 1.61 bits per heavy atom. The summed E-state index contributed by atoms with van der Waals surface area (Å²) in [6, 6.07) is 13.1. The van der Waals surface area contributed by atoms with E-state index in [1.807, 2.05) is 36.4 Å². The van der Waals surface area contributed by atoms with E-state index in [-0.39, 0.29) is 18.0 Å². The molecule has 0 bridgehead atoms. The van der Waals surface area contributed by atoms with Gasteiger partial charge < -0.3 is 5.32 Å². The molecule has 0 spiro atoms. The fourth-order valence-corrected chi connectivity index (χ4v) is 3.07. The molecular formula is C18H21N3O2. The van der Waals surface area contributed by atoms with E-state index in [1.54, 1.807) is 6.07 Å². The highest BCUT2D eigenvalue weighted by Gasteiger charge is 2.16. The lowest BCUT2D eigenvalue weighted by Gasteiger charge is -2.22. The van der Waals surface area contributed by atoms with Crippen molar-refractivity contribution in [2.75, 3.05) is 0 Å². The molecule has 1 fully saturated rings. The first-order valence-corrected chi connectivity index (χ1v) is 8.08. The number of nitrogens with one attached hydrogen (secondary N) is 3. The maximum atomic E-state index is 12.3. The number of carbonyl (C=O) groups is 2. The summed E-state index contributed by atoms with van der Waals surface area (Å²) in [5.74, 6) is -0.319. The van der Waals surface area contributed by atoms with E-state index in [9.17, 15) is 9.59 Å². The first-order chi connectivity index (χ1) is 11.2. The van der Waals surface area contributed by atoms with Gasteiger partial charge >= 0.3 is 6.03 Å². The summed E-state index contributed by atoms with van der Waals surface area (Å²) in [6.45, 7) is 0. The van der Waals surface area contributed by atoms with E-state index < -0.39 is 0 Å². The van der Waals surface area contributed by atoms with Gasteiger partial charge in [0.1, 0.15) is 0 Å². The van der Waals surface area contributed by atoms with Crippen LogP contribution in [0.2, 0.25) is 0 Å². The average molecular weight is 311 g/mol. The lowest BCUT2D eigenvalue weighted by molar-refractivity contribution is 0.0937. The van der Waals surface area contributed by atoms with Crippen molar-refractivity contribution in [2.45, 2.75) is 38.1 Å². The largest absolute Gasteiger partial charge is 0.334 e. The van der Waals surface area contributed by atoms with Crippen molar-refractivity contribution < 1.29 is 9.59 Å². The van der Waals surface area contributed by atoms with Crippen LogP contribution in [0.5, 0.6) is 0 Å². The zero-order chi connectivity index (χ0) is 16.1. The van der Waals surface area contributed by atoms with E-state index in [0.29, 0.717) is 5.56 Å². The Bertz CT molecular complexity index is 703. The van der Waals surface area contributed by atoms with Gasteiger partial charge in [-0.2, -0.15) is 0 Å². The van der Waals surface area contributed by atoms with Crippen LogP contribution in [0.4, 0.5) is 4.79 Å². The van der Waals surface area contributed by atoms with Crippen LogP contribution in [-0.4, -0.2) is 18.0 Å². The number of rotatable bonds is 2. The molecule has 1 aliphatic carbocycles. The molecule has 0 aliphatic heterocycles. The quantitative estimate of drug-likeness (QED) is 0.746. The third-order valence-electron chi connectivity index (χ3n) is 4.26. The van der Waals surface area contributed by atoms with Gasteiger partial charge in [0.05, 0.1) is 0 Å². The molecule has 5 heteroatoms. The number of hydrazine groups is 1. The van der Waals surface area contributed by atoms with E-state index in [2.05, 4.69) is 16.2 Å². The van der Waals surface area contributed by atoms with Crippen LogP contribution >= 0.6 is 0 Å². The minimum atomic E-state index is -0.356. The summed E-state index contributed by atoms with van der Waals surface area (Å²) in [5, 5.41) is 4.75. The van der Waals surface area contributed by atoms with Crippen LogP contribution in [-0.2, 0) is 0 Å². The molecule has 0 heterocycles. The molecule has 0 radical (unpaired) electrons. The normalized spacial score (nSPS) is 15.1. The standard InChI is InChI=1S/C18H21N3O2/c22-17(16-12-6-8-13-7-4-5-11-15(13)16)20-21-18(23)19-14-9-2-1-3-10-14/h4-8,11-12,14H,1-3,9-10H2,(H,20,22)(H2,19,21,23). The second-order valence-corrected chi connectivity index (χ2v) is 5.91. The van der Waals surface area contributed by atoms with Crippen molar-refractivity contribution in [2.24, 2.45) is 0 Å². The van der Waals surface area contributed by atoms with Crippen molar-refractivity contribution >= 4 is 22.7 Å². The summed E-state index contributed by atoms with van der Waals surface area (Å²) >= 11 is 0. The Labute approximate surface area is 135 Å². The lowest BCUT2D eigenvalue weighted by atomic mass is 9.96. The van der Waals surface area contributed by atoms with Crippen LogP contribution in [0.25, 0.3) is 10.8 Å². The maximum absolute atomic E-state index is 12.3. The molecule has 0 atom stereocenters. The monoisotopic (exact) mass is 311 g/mol. The van der Waals surface area contributed by atoms with Gasteiger partial charge in [-0.15, -0.1) is 0 Å². The number of hydrogen-bond acceptors (Lipinski definition) is 2. The van der Waals surface area contributed by atoms with Crippen LogP contribution < -0.4 is 16.2 Å². The topological polar surface area (TPSA) is 70.2 Å². The molecule has 1 aliphatic rings. The van der Waals surface area contributed by atoms with E-state index in [1.165, 1.54) is 6.42 Å². The van der Waals surface area contributed by atoms with Gasteiger partial charge in [0, 0.05) is 11.6 Å². The fraction of sp³-hybridized carbons (Fsp3) is 0.333. The molecule has 3 amide bonds. The highest BCUT2D eigenvalue weighted by molar-refractivity contribution is 6.07. The molecule has 3 N–H and O–H groups in total. The molecule has 23 heavy (non-hydrogen) atoms. The molecule has 2 aromatic carbocycles. The van der Waals surface area contributed by atoms with Gasteiger partial charge in [-0.25, -0.2) is 10.2 Å². The molecule has 1 saturated carbocycles. The SMILES string of the molecule is O=C(NNC(=O)c1cccc2ccccc12)NC1CCCCC1. The Morgan fingerprint density at radius 3 is 2.43 bits per heavy atom. The number of benzene rings is 2. The first kappa shape index (κ1) is 15.3. The second-order valence-electron chi connectivity index (χ2n) is 5.91. The Morgan fingerprint density at radius 1 is 0.870 bits per heavy atom. The number of carbonyl (C=O) groups excluding carboxylic acids is 2. The van der Waals surface area contributed by atoms with Crippen molar-refractivity contribution in [3.8, 4) is 0 Å². The average Bonchev–Trinajstić information content (AvgIpc) is 2.60. The molecule has 0 saturated heterocycles. The third-order valence-corrected chi connectivity index (χ3v) is 4.26. The smallest absolute Gasteiger partial charge is 0.333 e. The molecule has 5 nitrogen and oxygen atoms in total. The van der Waals surface area contributed by atoms with Crippen molar-refractivity contribution in [3.63, 3.8) is 0 Å². The number of amides is 3. The summed E-state index contributed by atoms with van der Waals surface area (Å²) in [6.07, 6.45) is 5.54. The van der Waals surface area contributed by atoms with Crippen molar-refractivity contribution in [3.05, 3.63) is 48.0 Å². The predicted octanol–water partition coefficient (Wildman–Crippen LogP) is 3.12. The Balaban J connectivity index is 1.59. The van der Waals surface area contributed by atoms with Crippen LogP contribution in [0.15, 0.2) is 42.5 Å². The highest BCUT2D eigenvalue weighted by Crippen LogP contribution is 2.18. The van der Waals surface area contributed by atoms with Gasteiger partial charge in [-0.05, 0) is 29.7 Å². The molecular weight excluding hydrogens is 290 g/mol. The lowest BCUT2D eigenvalue weighted by Crippen LogP contribution is -2.50. The van der Waals surface area contributed by atoms with E-state index >= 15 is 0 Å². The number of urea groups is 1. The van der Waals surface area contributed by atoms with Gasteiger partial charge in [0.25, 0.3) is 5.91 Å². The van der Waals surface area contributed by atoms with Gasteiger partial charge in [0.15, 0.2) is 0 Å². The molecule has 2 aromatic rings. The third kappa shape index (κ3) is 3.80. The maximum Gasteiger partial charge on any atom is 0.333 e. The minimum Gasteiger partial charge on any atom is -0.334 e. The first-order valence-electron chi connectivity index (χ1n) is 8.08. The van der Waals surface area contributed by atoms with E-state index in [4.69, 9.17) is 0 Å². The van der Waals surface area contributed by atoms with Gasteiger partial charge in [0.2, 0.25) is 0 Å².